The van der Waals surface area contributed by atoms with Gasteiger partial charge in [0.15, 0.2) is 6.61 Å². The lowest BCUT2D eigenvalue weighted by atomic mass is 9.78. The zero-order chi connectivity index (χ0) is 15.2. The number of amides is 1. The van der Waals surface area contributed by atoms with Gasteiger partial charge in [0.05, 0.1) is 0 Å². The van der Waals surface area contributed by atoms with Gasteiger partial charge in [0.1, 0.15) is 19.5 Å². The molecule has 2 aliphatic rings. The molecule has 0 aromatic heterocycles. The number of hydrogen-bond donors (Lipinski definition) is 1. The molecule has 1 saturated carbocycles. The highest BCUT2D eigenvalue weighted by atomic mass is 16.6. The Morgan fingerprint density at radius 1 is 1.33 bits per heavy atom. The second-order valence-electron chi connectivity index (χ2n) is 5.72. The Labute approximate surface area is 124 Å². The van der Waals surface area contributed by atoms with Crippen LogP contribution in [0.15, 0.2) is 12.0 Å². The molecule has 0 aromatic carbocycles. The van der Waals surface area contributed by atoms with Crippen molar-refractivity contribution in [2.75, 3.05) is 19.8 Å². The van der Waals surface area contributed by atoms with Crippen LogP contribution in [0.25, 0.3) is 0 Å². The fourth-order valence-corrected chi connectivity index (χ4v) is 2.71. The second kappa shape index (κ2) is 7.33. The Bertz CT molecular complexity index is 420. The monoisotopic (exact) mass is 297 g/mol. The highest BCUT2D eigenvalue weighted by Crippen LogP contribution is 2.29. The first-order chi connectivity index (χ1) is 10.1. The minimum absolute atomic E-state index is 0.00806. The lowest BCUT2D eigenvalue weighted by Crippen LogP contribution is -2.45. The summed E-state index contributed by atoms with van der Waals surface area (Å²) in [6, 6.07) is 0.161. The van der Waals surface area contributed by atoms with Crippen LogP contribution >= 0.6 is 0 Å². The van der Waals surface area contributed by atoms with Crippen molar-refractivity contribution in [1.82, 2.24) is 5.32 Å². The first-order valence-corrected chi connectivity index (χ1v) is 7.49. The van der Waals surface area contributed by atoms with E-state index in [1.165, 1.54) is 12.7 Å². The van der Waals surface area contributed by atoms with E-state index >= 15 is 0 Å². The van der Waals surface area contributed by atoms with E-state index in [1.54, 1.807) is 0 Å². The molecule has 1 heterocycles. The van der Waals surface area contributed by atoms with Crippen LogP contribution in [0, 0.1) is 11.8 Å². The Morgan fingerprint density at radius 2 is 2.14 bits per heavy atom. The Morgan fingerprint density at radius 3 is 2.86 bits per heavy atom. The van der Waals surface area contributed by atoms with E-state index in [9.17, 15) is 9.59 Å². The van der Waals surface area contributed by atoms with Crippen LogP contribution in [-0.2, 0) is 23.8 Å². The molecule has 2 rings (SSSR count). The number of carbonyl (C=O) groups is 2. The Balaban J connectivity index is 1.74. The van der Waals surface area contributed by atoms with Crippen LogP contribution < -0.4 is 5.32 Å². The molecule has 1 aliphatic carbocycles. The quantitative estimate of drug-likeness (QED) is 0.793. The number of rotatable bonds is 4. The van der Waals surface area contributed by atoms with E-state index in [0.717, 1.165) is 12.8 Å². The molecule has 118 valence electrons. The van der Waals surface area contributed by atoms with Crippen LogP contribution in [-0.4, -0.2) is 37.7 Å². The van der Waals surface area contributed by atoms with Crippen molar-refractivity contribution in [3.63, 3.8) is 0 Å². The zero-order valence-corrected chi connectivity index (χ0v) is 12.6. The summed E-state index contributed by atoms with van der Waals surface area (Å²) in [5, 5.41) is 2.95. The number of ether oxygens (including phenoxy) is 3. The molecular weight excluding hydrogens is 274 g/mol. The van der Waals surface area contributed by atoms with Crippen molar-refractivity contribution in [3.8, 4) is 0 Å². The minimum Gasteiger partial charge on any atom is -0.493 e. The molecule has 1 aliphatic heterocycles. The zero-order valence-electron chi connectivity index (χ0n) is 12.6. The number of hydrogen-bond acceptors (Lipinski definition) is 5. The average molecular weight is 297 g/mol. The highest BCUT2D eigenvalue weighted by molar-refractivity contribution is 5.88. The van der Waals surface area contributed by atoms with Crippen molar-refractivity contribution in [1.29, 1.82) is 0 Å². The summed E-state index contributed by atoms with van der Waals surface area (Å²) >= 11 is 0. The lowest BCUT2D eigenvalue weighted by molar-refractivity contribution is -0.149. The molecule has 1 N–H and O–H groups in total. The van der Waals surface area contributed by atoms with Gasteiger partial charge in [-0.2, -0.15) is 0 Å². The molecule has 0 radical (unpaired) electrons. The third-order valence-electron chi connectivity index (χ3n) is 4.24. The summed E-state index contributed by atoms with van der Waals surface area (Å²) in [7, 11) is 0. The number of nitrogens with one attached hydrogen (secondary N) is 1. The molecule has 0 unspecified atom stereocenters. The summed E-state index contributed by atoms with van der Waals surface area (Å²) in [5.41, 5.74) is 0. The molecule has 0 aromatic rings. The summed E-state index contributed by atoms with van der Waals surface area (Å²) in [6.07, 6.45) is 4.52. The van der Waals surface area contributed by atoms with Gasteiger partial charge in [-0.1, -0.05) is 26.7 Å². The van der Waals surface area contributed by atoms with E-state index in [4.69, 9.17) is 14.2 Å². The topological polar surface area (TPSA) is 73.9 Å². The molecule has 1 amide bonds. The first kappa shape index (κ1) is 15.7. The van der Waals surface area contributed by atoms with Crippen LogP contribution in [0.2, 0.25) is 0 Å². The molecular formula is C15H23NO5. The summed E-state index contributed by atoms with van der Waals surface area (Å²) in [6.45, 7) is 4.78. The van der Waals surface area contributed by atoms with Crippen molar-refractivity contribution >= 4 is 11.9 Å². The van der Waals surface area contributed by atoms with Crippen molar-refractivity contribution in [2.45, 2.75) is 39.2 Å². The van der Waals surface area contributed by atoms with E-state index in [1.807, 2.05) is 0 Å². The summed E-state index contributed by atoms with van der Waals surface area (Å²) in [4.78, 5) is 23.5. The van der Waals surface area contributed by atoms with E-state index < -0.39 is 5.97 Å². The predicted octanol–water partition coefficient (Wildman–Crippen LogP) is 1.36. The largest absolute Gasteiger partial charge is 0.493 e. The molecule has 0 spiro atoms. The standard InChI is InChI=1S/C15H23NO5/c1-10-4-3-5-12(11(10)2)16-14(17)9-21-15(18)13-8-19-6-7-20-13/h8,10-12H,3-7,9H2,1-2H3,(H,16,17)/t10-,11-,12+/m0/s1. The lowest BCUT2D eigenvalue weighted by Gasteiger charge is -2.34. The van der Waals surface area contributed by atoms with Gasteiger partial charge in [0, 0.05) is 6.04 Å². The molecule has 3 atom stereocenters. The third kappa shape index (κ3) is 4.37. The van der Waals surface area contributed by atoms with Crippen LogP contribution in [0.4, 0.5) is 0 Å². The molecule has 1 fully saturated rings. The fourth-order valence-electron chi connectivity index (χ4n) is 2.71. The molecule has 6 heteroatoms. The van der Waals surface area contributed by atoms with Gasteiger partial charge in [0.2, 0.25) is 5.76 Å². The molecule has 0 bridgehead atoms. The van der Waals surface area contributed by atoms with Crippen molar-refractivity contribution < 1.29 is 23.8 Å². The summed E-state index contributed by atoms with van der Waals surface area (Å²) in [5.74, 6) is 0.107. The van der Waals surface area contributed by atoms with Gasteiger partial charge < -0.3 is 19.5 Å². The van der Waals surface area contributed by atoms with Gasteiger partial charge in [0.25, 0.3) is 5.91 Å². The predicted molar refractivity (Wildman–Crippen MR) is 75.1 cm³/mol. The van der Waals surface area contributed by atoms with Gasteiger partial charge in [-0.05, 0) is 18.3 Å². The summed E-state index contributed by atoms with van der Waals surface area (Å²) < 4.78 is 15.0. The maximum Gasteiger partial charge on any atom is 0.377 e. The van der Waals surface area contributed by atoms with Gasteiger partial charge in [-0.15, -0.1) is 0 Å². The fraction of sp³-hybridized carbons (Fsp3) is 0.733. The van der Waals surface area contributed by atoms with Gasteiger partial charge >= 0.3 is 5.97 Å². The Hall–Kier alpha value is -1.72. The number of esters is 1. The average Bonchev–Trinajstić information content (AvgIpc) is 2.50. The molecule has 0 saturated heterocycles. The first-order valence-electron chi connectivity index (χ1n) is 7.49. The van der Waals surface area contributed by atoms with E-state index in [0.29, 0.717) is 25.0 Å². The number of carbonyl (C=O) groups excluding carboxylic acids is 2. The minimum atomic E-state index is -0.671. The van der Waals surface area contributed by atoms with Crippen molar-refractivity contribution in [2.24, 2.45) is 11.8 Å². The SMILES string of the molecule is C[C@H]1[C@@H](C)CCC[C@H]1NC(=O)COC(=O)C1=COCCO1. The molecule has 6 nitrogen and oxygen atoms in total. The van der Waals surface area contributed by atoms with Crippen LogP contribution in [0.3, 0.4) is 0 Å². The van der Waals surface area contributed by atoms with Crippen LogP contribution in [0.1, 0.15) is 33.1 Å². The molecule has 21 heavy (non-hydrogen) atoms. The normalized spacial score (nSPS) is 28.7. The maximum absolute atomic E-state index is 11.9. The smallest absolute Gasteiger partial charge is 0.377 e. The van der Waals surface area contributed by atoms with Crippen molar-refractivity contribution in [3.05, 3.63) is 12.0 Å². The van der Waals surface area contributed by atoms with Gasteiger partial charge in [-0.25, -0.2) is 4.79 Å². The maximum atomic E-state index is 11.9. The second-order valence-corrected chi connectivity index (χ2v) is 5.72. The van der Waals surface area contributed by atoms with E-state index in [2.05, 4.69) is 19.2 Å². The van der Waals surface area contributed by atoms with E-state index in [-0.39, 0.29) is 24.3 Å². The van der Waals surface area contributed by atoms with Gasteiger partial charge in [-0.3, -0.25) is 4.79 Å². The third-order valence-corrected chi connectivity index (χ3v) is 4.24. The highest BCUT2D eigenvalue weighted by Gasteiger charge is 2.28. The Kier molecular flexibility index (Phi) is 5.47. The van der Waals surface area contributed by atoms with Crippen LogP contribution in [0.5, 0.6) is 0 Å².